The summed E-state index contributed by atoms with van der Waals surface area (Å²) in [5.74, 6) is -1.31. The van der Waals surface area contributed by atoms with Crippen LogP contribution in [0.1, 0.15) is 32.3 Å². The standard InChI is InChI=1S/C20H31N3O5S/c1-12(2)10-15(21)18(25)23-17(11-13-4-6-14(24)7-5-13)19(26)22-16(20(27)28)8-9-29-3/h4-7,12,15-17,24H,8-11,21H2,1-3H3,(H,22,26)(H,23,25)(H,27,28)/t15-,16-,17-/m0/s1. The van der Waals surface area contributed by atoms with E-state index in [1.807, 2.05) is 20.1 Å². The van der Waals surface area contributed by atoms with E-state index in [4.69, 9.17) is 5.73 Å². The molecule has 1 rings (SSSR count). The minimum Gasteiger partial charge on any atom is -0.508 e. The van der Waals surface area contributed by atoms with Crippen molar-refractivity contribution in [2.45, 2.75) is 51.2 Å². The third-order valence-electron chi connectivity index (χ3n) is 4.30. The number of nitrogens with one attached hydrogen (secondary N) is 2. The summed E-state index contributed by atoms with van der Waals surface area (Å²) >= 11 is 1.48. The summed E-state index contributed by atoms with van der Waals surface area (Å²) in [6.07, 6.45) is 2.73. The van der Waals surface area contributed by atoms with Crippen LogP contribution in [-0.4, -0.2) is 58.1 Å². The number of carboxylic acid groups (broad SMARTS) is 1. The molecular weight excluding hydrogens is 394 g/mol. The van der Waals surface area contributed by atoms with Crippen molar-refractivity contribution < 1.29 is 24.6 Å². The Bertz CT molecular complexity index is 681. The Kier molecular flexibility index (Phi) is 10.5. The molecule has 0 radical (unpaired) electrons. The number of aromatic hydroxyl groups is 1. The predicted molar refractivity (Wildman–Crippen MR) is 114 cm³/mol. The van der Waals surface area contributed by atoms with Gasteiger partial charge in [-0.3, -0.25) is 9.59 Å². The third-order valence-corrected chi connectivity index (χ3v) is 4.94. The van der Waals surface area contributed by atoms with Gasteiger partial charge in [-0.25, -0.2) is 4.79 Å². The highest BCUT2D eigenvalue weighted by Gasteiger charge is 2.28. The SMILES string of the molecule is CSCC[C@H](NC(=O)[C@H](Cc1ccc(O)cc1)NC(=O)[C@@H](N)CC(C)C)C(=O)O. The van der Waals surface area contributed by atoms with E-state index in [-0.39, 0.29) is 24.5 Å². The van der Waals surface area contributed by atoms with Crippen LogP contribution in [-0.2, 0) is 20.8 Å². The van der Waals surface area contributed by atoms with Gasteiger partial charge < -0.3 is 26.6 Å². The first-order valence-corrected chi connectivity index (χ1v) is 10.9. The zero-order valence-electron chi connectivity index (χ0n) is 17.1. The molecule has 0 saturated heterocycles. The van der Waals surface area contributed by atoms with Gasteiger partial charge in [0.15, 0.2) is 0 Å². The van der Waals surface area contributed by atoms with Gasteiger partial charge in [0.1, 0.15) is 17.8 Å². The third kappa shape index (κ3) is 9.19. The van der Waals surface area contributed by atoms with Gasteiger partial charge in [-0.15, -0.1) is 0 Å². The summed E-state index contributed by atoms with van der Waals surface area (Å²) in [5, 5.41) is 24.0. The van der Waals surface area contributed by atoms with Crippen molar-refractivity contribution in [2.24, 2.45) is 11.7 Å². The quantitative estimate of drug-likeness (QED) is 0.338. The maximum Gasteiger partial charge on any atom is 0.326 e. The van der Waals surface area contributed by atoms with E-state index in [2.05, 4.69) is 10.6 Å². The first kappa shape index (κ1) is 24.8. The molecule has 1 aromatic rings. The molecule has 0 bridgehead atoms. The van der Waals surface area contributed by atoms with Crippen LogP contribution < -0.4 is 16.4 Å². The minimum atomic E-state index is -1.13. The van der Waals surface area contributed by atoms with Crippen LogP contribution in [0.2, 0.25) is 0 Å². The number of rotatable bonds is 12. The number of carboxylic acids is 1. The molecule has 0 aliphatic rings. The normalized spacial score (nSPS) is 14.1. The fourth-order valence-corrected chi connectivity index (χ4v) is 3.21. The lowest BCUT2D eigenvalue weighted by Crippen LogP contribution is -2.55. The molecule has 0 spiro atoms. The fraction of sp³-hybridized carbons (Fsp3) is 0.550. The maximum atomic E-state index is 12.8. The lowest BCUT2D eigenvalue weighted by Gasteiger charge is -2.23. The van der Waals surface area contributed by atoms with Crippen molar-refractivity contribution in [2.75, 3.05) is 12.0 Å². The Balaban J connectivity index is 2.95. The Morgan fingerprint density at radius 1 is 1.07 bits per heavy atom. The van der Waals surface area contributed by atoms with Crippen LogP contribution in [0, 0.1) is 5.92 Å². The van der Waals surface area contributed by atoms with E-state index in [9.17, 15) is 24.6 Å². The number of benzene rings is 1. The number of carbonyl (C=O) groups excluding carboxylic acids is 2. The number of phenolic OH excluding ortho intramolecular Hbond substituents is 1. The van der Waals surface area contributed by atoms with Crippen molar-refractivity contribution in [1.29, 1.82) is 0 Å². The number of phenols is 1. The van der Waals surface area contributed by atoms with Crippen LogP contribution in [0.25, 0.3) is 0 Å². The predicted octanol–water partition coefficient (Wildman–Crippen LogP) is 1.12. The Morgan fingerprint density at radius 3 is 2.17 bits per heavy atom. The average Bonchev–Trinajstić information content (AvgIpc) is 2.65. The summed E-state index contributed by atoms with van der Waals surface area (Å²) in [4.78, 5) is 36.7. The van der Waals surface area contributed by atoms with Crippen molar-refractivity contribution in [3.8, 4) is 5.75 Å². The number of thioether (sulfide) groups is 1. The van der Waals surface area contributed by atoms with Gasteiger partial charge in [-0.2, -0.15) is 11.8 Å². The lowest BCUT2D eigenvalue weighted by molar-refractivity contribution is -0.142. The molecule has 0 aliphatic heterocycles. The van der Waals surface area contributed by atoms with E-state index >= 15 is 0 Å². The zero-order chi connectivity index (χ0) is 22.0. The van der Waals surface area contributed by atoms with E-state index in [1.54, 1.807) is 12.1 Å². The molecule has 9 heteroatoms. The zero-order valence-corrected chi connectivity index (χ0v) is 17.9. The van der Waals surface area contributed by atoms with E-state index < -0.39 is 35.9 Å². The van der Waals surface area contributed by atoms with Gasteiger partial charge in [-0.1, -0.05) is 26.0 Å². The van der Waals surface area contributed by atoms with Gasteiger partial charge >= 0.3 is 5.97 Å². The van der Waals surface area contributed by atoms with Gasteiger partial charge in [0.2, 0.25) is 11.8 Å². The van der Waals surface area contributed by atoms with Crippen LogP contribution in [0.3, 0.4) is 0 Å². The van der Waals surface area contributed by atoms with Crippen molar-refractivity contribution in [3.05, 3.63) is 29.8 Å². The summed E-state index contributed by atoms with van der Waals surface area (Å²) in [6.45, 7) is 3.88. The molecule has 2 amide bonds. The molecule has 0 fully saturated rings. The smallest absolute Gasteiger partial charge is 0.326 e. The molecule has 6 N–H and O–H groups in total. The maximum absolute atomic E-state index is 12.8. The molecule has 1 aromatic carbocycles. The molecule has 29 heavy (non-hydrogen) atoms. The van der Waals surface area contributed by atoms with Crippen molar-refractivity contribution in [3.63, 3.8) is 0 Å². The van der Waals surface area contributed by atoms with Gasteiger partial charge in [0.05, 0.1) is 6.04 Å². The first-order valence-electron chi connectivity index (χ1n) is 9.50. The Hall–Kier alpha value is -2.26. The summed E-state index contributed by atoms with van der Waals surface area (Å²) in [6, 6.07) is 3.44. The molecule has 8 nitrogen and oxygen atoms in total. The average molecular weight is 426 g/mol. The molecule has 0 aliphatic carbocycles. The Morgan fingerprint density at radius 2 is 1.66 bits per heavy atom. The molecule has 0 aromatic heterocycles. The topological polar surface area (TPSA) is 142 Å². The van der Waals surface area contributed by atoms with E-state index in [0.717, 1.165) is 0 Å². The minimum absolute atomic E-state index is 0.0840. The van der Waals surface area contributed by atoms with Crippen molar-refractivity contribution >= 4 is 29.5 Å². The molecule has 3 atom stereocenters. The van der Waals surface area contributed by atoms with Crippen LogP contribution >= 0.6 is 11.8 Å². The molecule has 162 valence electrons. The molecule has 0 saturated carbocycles. The number of nitrogens with two attached hydrogens (primary N) is 1. The van der Waals surface area contributed by atoms with Crippen LogP contribution in [0.4, 0.5) is 0 Å². The summed E-state index contributed by atoms with van der Waals surface area (Å²) < 4.78 is 0. The highest BCUT2D eigenvalue weighted by atomic mass is 32.2. The number of aliphatic carboxylic acids is 1. The molecule has 0 heterocycles. The van der Waals surface area contributed by atoms with E-state index in [1.165, 1.54) is 23.9 Å². The summed E-state index contributed by atoms with van der Waals surface area (Å²) in [7, 11) is 0. The van der Waals surface area contributed by atoms with E-state index in [0.29, 0.717) is 17.7 Å². The van der Waals surface area contributed by atoms with Crippen LogP contribution in [0.15, 0.2) is 24.3 Å². The lowest BCUT2D eigenvalue weighted by atomic mass is 10.0. The summed E-state index contributed by atoms with van der Waals surface area (Å²) in [5.41, 5.74) is 6.63. The second-order valence-corrected chi connectivity index (χ2v) is 8.33. The van der Waals surface area contributed by atoms with Gasteiger partial charge in [-0.05, 0) is 48.5 Å². The largest absolute Gasteiger partial charge is 0.508 e. The number of hydrogen-bond acceptors (Lipinski definition) is 6. The highest BCUT2D eigenvalue weighted by molar-refractivity contribution is 7.98. The second kappa shape index (κ2) is 12.3. The van der Waals surface area contributed by atoms with Gasteiger partial charge in [0, 0.05) is 6.42 Å². The Labute approximate surface area is 175 Å². The van der Waals surface area contributed by atoms with Crippen LogP contribution in [0.5, 0.6) is 5.75 Å². The monoisotopic (exact) mass is 425 g/mol. The second-order valence-electron chi connectivity index (χ2n) is 7.35. The number of carbonyl (C=O) groups is 3. The van der Waals surface area contributed by atoms with Crippen molar-refractivity contribution in [1.82, 2.24) is 10.6 Å². The number of hydrogen-bond donors (Lipinski definition) is 5. The molecule has 0 unspecified atom stereocenters. The first-order chi connectivity index (χ1) is 13.6. The van der Waals surface area contributed by atoms with Gasteiger partial charge in [0.25, 0.3) is 0 Å². The number of amides is 2. The molecular formula is C20H31N3O5S. The highest BCUT2D eigenvalue weighted by Crippen LogP contribution is 2.12. The fourth-order valence-electron chi connectivity index (χ4n) is 2.74.